The second-order valence-electron chi connectivity index (χ2n) is 7.04. The average Bonchev–Trinajstić information content (AvgIpc) is 3.02. The highest BCUT2D eigenvalue weighted by Crippen LogP contribution is 2.29. The molecule has 5 heteroatoms. The number of anilines is 2. The fourth-order valence-corrected chi connectivity index (χ4v) is 3.44. The Kier molecular flexibility index (Phi) is 4.64. The maximum Gasteiger partial charge on any atom is 0.259 e. The zero-order valence-electron chi connectivity index (χ0n) is 16.3. The summed E-state index contributed by atoms with van der Waals surface area (Å²) in [5.74, 6) is -0.573. The highest BCUT2D eigenvalue weighted by atomic mass is 16.2. The Balaban J connectivity index is 1.81. The summed E-state index contributed by atoms with van der Waals surface area (Å²) in [4.78, 5) is 26.2. The molecule has 29 heavy (non-hydrogen) atoms. The molecule has 0 atom stereocenters. The molecule has 2 heterocycles. The van der Waals surface area contributed by atoms with Crippen molar-refractivity contribution >= 4 is 28.6 Å². The number of ketones is 1. The van der Waals surface area contributed by atoms with Gasteiger partial charge in [-0.2, -0.15) is 0 Å². The number of rotatable bonds is 4. The quantitative estimate of drug-likeness (QED) is 0.505. The summed E-state index contributed by atoms with van der Waals surface area (Å²) in [6.45, 7) is 4.01. The third-order valence-electron chi connectivity index (χ3n) is 5.12. The van der Waals surface area contributed by atoms with Crippen molar-refractivity contribution < 1.29 is 9.59 Å². The van der Waals surface area contributed by atoms with Gasteiger partial charge in [0.25, 0.3) is 5.91 Å². The van der Waals surface area contributed by atoms with E-state index in [1.54, 1.807) is 47.0 Å². The van der Waals surface area contributed by atoms with Gasteiger partial charge in [0.05, 0.1) is 16.8 Å². The lowest BCUT2D eigenvalue weighted by Gasteiger charge is -2.08. The largest absolute Gasteiger partial charge is 0.396 e. The van der Waals surface area contributed by atoms with E-state index in [-0.39, 0.29) is 23.1 Å². The second-order valence-corrected chi connectivity index (χ2v) is 7.04. The molecular formula is C24H21N3O2. The van der Waals surface area contributed by atoms with Gasteiger partial charge in [-0.15, -0.1) is 0 Å². The number of fused-ring (bicyclic) bond motifs is 1. The highest BCUT2D eigenvalue weighted by Gasteiger charge is 2.26. The number of carbonyl (C=O) groups excluding carboxylic acids is 2. The molecule has 4 rings (SSSR count). The number of benzene rings is 2. The number of nitrogens with one attached hydrogen (secondary N) is 1. The van der Waals surface area contributed by atoms with Crippen LogP contribution in [0.25, 0.3) is 5.52 Å². The second kappa shape index (κ2) is 7.28. The van der Waals surface area contributed by atoms with Gasteiger partial charge in [0.15, 0.2) is 0 Å². The van der Waals surface area contributed by atoms with E-state index in [0.29, 0.717) is 22.3 Å². The first-order chi connectivity index (χ1) is 14.0. The predicted octanol–water partition coefficient (Wildman–Crippen LogP) is 4.62. The van der Waals surface area contributed by atoms with Gasteiger partial charge in [-0.1, -0.05) is 42.5 Å². The molecule has 0 saturated heterocycles. The SMILES string of the molecule is Cc1ccc(NC(=O)c2c(N)c(C(=O)c3ccccc3)n3ccccc23)cc1C. The third kappa shape index (κ3) is 3.27. The molecule has 5 nitrogen and oxygen atoms in total. The number of hydrogen-bond acceptors (Lipinski definition) is 3. The van der Waals surface area contributed by atoms with E-state index >= 15 is 0 Å². The molecule has 0 saturated carbocycles. The molecule has 0 spiro atoms. The molecule has 3 N–H and O–H groups in total. The summed E-state index contributed by atoms with van der Waals surface area (Å²) < 4.78 is 1.68. The molecule has 144 valence electrons. The first-order valence-corrected chi connectivity index (χ1v) is 9.34. The maximum atomic E-state index is 13.1. The topological polar surface area (TPSA) is 76.6 Å². The van der Waals surface area contributed by atoms with E-state index in [0.717, 1.165) is 11.1 Å². The number of nitrogen functional groups attached to an aromatic ring is 1. The predicted molar refractivity (Wildman–Crippen MR) is 116 cm³/mol. The molecular weight excluding hydrogens is 362 g/mol. The number of carbonyl (C=O) groups is 2. The van der Waals surface area contributed by atoms with Crippen LogP contribution in [0.1, 0.15) is 37.5 Å². The van der Waals surface area contributed by atoms with Gasteiger partial charge in [-0.3, -0.25) is 9.59 Å². The van der Waals surface area contributed by atoms with Crippen molar-refractivity contribution in [3.8, 4) is 0 Å². The van der Waals surface area contributed by atoms with Crippen molar-refractivity contribution in [3.05, 3.63) is 101 Å². The minimum Gasteiger partial charge on any atom is -0.396 e. The zero-order valence-corrected chi connectivity index (χ0v) is 16.3. The van der Waals surface area contributed by atoms with Gasteiger partial charge in [0.1, 0.15) is 5.69 Å². The lowest BCUT2D eigenvalue weighted by molar-refractivity contribution is 0.102. The monoisotopic (exact) mass is 383 g/mol. The first-order valence-electron chi connectivity index (χ1n) is 9.34. The third-order valence-corrected chi connectivity index (χ3v) is 5.12. The van der Waals surface area contributed by atoms with Crippen LogP contribution in [0.4, 0.5) is 11.4 Å². The Morgan fingerprint density at radius 1 is 0.897 bits per heavy atom. The summed E-state index contributed by atoms with van der Waals surface area (Å²) in [6, 6.07) is 20.0. The Bertz CT molecular complexity index is 1240. The van der Waals surface area contributed by atoms with Gasteiger partial charge < -0.3 is 15.5 Å². The Morgan fingerprint density at radius 2 is 1.62 bits per heavy atom. The van der Waals surface area contributed by atoms with Gasteiger partial charge >= 0.3 is 0 Å². The van der Waals surface area contributed by atoms with Crippen LogP contribution in [0.2, 0.25) is 0 Å². The van der Waals surface area contributed by atoms with Crippen LogP contribution in [-0.2, 0) is 0 Å². The Hall–Kier alpha value is -3.86. The van der Waals surface area contributed by atoms with Crippen LogP contribution < -0.4 is 11.1 Å². The lowest BCUT2D eigenvalue weighted by Crippen LogP contribution is -2.14. The lowest BCUT2D eigenvalue weighted by atomic mass is 10.1. The maximum absolute atomic E-state index is 13.1. The van der Waals surface area contributed by atoms with Crippen molar-refractivity contribution in [2.24, 2.45) is 0 Å². The van der Waals surface area contributed by atoms with E-state index in [9.17, 15) is 9.59 Å². The average molecular weight is 383 g/mol. The van der Waals surface area contributed by atoms with E-state index in [1.165, 1.54) is 0 Å². The summed E-state index contributed by atoms with van der Waals surface area (Å²) in [6.07, 6.45) is 1.74. The molecule has 0 bridgehead atoms. The van der Waals surface area contributed by atoms with Crippen LogP contribution in [0.3, 0.4) is 0 Å². The first kappa shape index (κ1) is 18.5. The van der Waals surface area contributed by atoms with Crippen LogP contribution in [0.5, 0.6) is 0 Å². The molecule has 2 aromatic carbocycles. The minimum absolute atomic E-state index is 0.173. The van der Waals surface area contributed by atoms with Crippen molar-refractivity contribution in [2.45, 2.75) is 13.8 Å². The number of pyridine rings is 1. The fraction of sp³-hybridized carbons (Fsp3) is 0.0833. The summed E-state index contributed by atoms with van der Waals surface area (Å²) in [5, 5.41) is 2.91. The van der Waals surface area contributed by atoms with Crippen LogP contribution in [-0.4, -0.2) is 16.1 Å². The standard InChI is InChI=1S/C24H21N3O2/c1-15-11-12-18(14-16(15)2)26-24(29)20-19-10-6-7-13-27(19)22(21(20)25)23(28)17-8-4-3-5-9-17/h3-14H,25H2,1-2H3,(H,26,29). The van der Waals surface area contributed by atoms with Crippen molar-refractivity contribution in [3.63, 3.8) is 0 Å². The Labute approximate surface area is 168 Å². The molecule has 1 amide bonds. The smallest absolute Gasteiger partial charge is 0.259 e. The van der Waals surface area contributed by atoms with Crippen LogP contribution in [0, 0.1) is 13.8 Å². The number of aryl methyl sites for hydroxylation is 2. The molecule has 0 aliphatic rings. The fourth-order valence-electron chi connectivity index (χ4n) is 3.44. The highest BCUT2D eigenvalue weighted by molar-refractivity contribution is 6.20. The number of nitrogens with zero attached hydrogens (tertiary/aromatic N) is 1. The molecule has 0 aliphatic carbocycles. The van der Waals surface area contributed by atoms with Gasteiger partial charge in [0.2, 0.25) is 5.78 Å². The number of amides is 1. The van der Waals surface area contributed by atoms with Crippen molar-refractivity contribution in [1.82, 2.24) is 4.40 Å². The normalized spacial score (nSPS) is 10.8. The van der Waals surface area contributed by atoms with Crippen molar-refractivity contribution in [1.29, 1.82) is 0 Å². The summed E-state index contributed by atoms with van der Waals surface area (Å²) >= 11 is 0. The molecule has 0 radical (unpaired) electrons. The van der Waals surface area contributed by atoms with Crippen LogP contribution in [0.15, 0.2) is 72.9 Å². The molecule has 0 unspecified atom stereocenters. The Morgan fingerprint density at radius 3 is 2.34 bits per heavy atom. The number of hydrogen-bond donors (Lipinski definition) is 2. The minimum atomic E-state index is -0.346. The molecule has 2 aromatic heterocycles. The van der Waals surface area contributed by atoms with Gasteiger partial charge in [0, 0.05) is 17.4 Å². The van der Waals surface area contributed by atoms with E-state index in [2.05, 4.69) is 5.32 Å². The van der Waals surface area contributed by atoms with E-state index in [4.69, 9.17) is 5.73 Å². The van der Waals surface area contributed by atoms with E-state index in [1.807, 2.05) is 44.2 Å². The van der Waals surface area contributed by atoms with Gasteiger partial charge in [-0.25, -0.2) is 0 Å². The van der Waals surface area contributed by atoms with Crippen LogP contribution >= 0.6 is 0 Å². The number of aromatic nitrogens is 1. The number of nitrogens with two attached hydrogens (primary N) is 1. The van der Waals surface area contributed by atoms with Crippen molar-refractivity contribution in [2.75, 3.05) is 11.1 Å². The van der Waals surface area contributed by atoms with E-state index < -0.39 is 0 Å². The molecule has 0 fully saturated rings. The van der Waals surface area contributed by atoms with Gasteiger partial charge in [-0.05, 0) is 49.2 Å². The summed E-state index contributed by atoms with van der Waals surface area (Å²) in [7, 11) is 0. The molecule has 0 aliphatic heterocycles. The summed E-state index contributed by atoms with van der Waals surface area (Å²) in [5.41, 5.74) is 11.1. The zero-order chi connectivity index (χ0) is 20.5. The molecule has 4 aromatic rings.